The van der Waals surface area contributed by atoms with Gasteiger partial charge in [-0.05, 0) is 42.5 Å². The summed E-state index contributed by atoms with van der Waals surface area (Å²) in [5, 5.41) is 4.34. The molecule has 3 aromatic rings. The summed E-state index contributed by atoms with van der Waals surface area (Å²) in [6.07, 6.45) is 0. The molecule has 31 heavy (non-hydrogen) atoms. The van der Waals surface area contributed by atoms with Gasteiger partial charge in [-0.3, -0.25) is 4.79 Å². The number of aromatic nitrogens is 2. The number of nitrogens with one attached hydrogen (secondary N) is 1. The minimum absolute atomic E-state index is 0.00422. The number of methoxy groups -OCH3 is 1. The molecule has 1 N–H and O–H groups in total. The Morgan fingerprint density at radius 2 is 1.77 bits per heavy atom. The number of ether oxygens (including phenoxy) is 3. The molecule has 10 heteroatoms. The summed E-state index contributed by atoms with van der Waals surface area (Å²) in [6.45, 7) is 0.861. The van der Waals surface area contributed by atoms with Gasteiger partial charge in [-0.1, -0.05) is 0 Å². The van der Waals surface area contributed by atoms with E-state index in [9.17, 15) is 13.2 Å². The second kappa shape index (κ2) is 8.78. The fourth-order valence-corrected chi connectivity index (χ4v) is 4.12. The molecule has 9 nitrogen and oxygen atoms in total. The van der Waals surface area contributed by atoms with Crippen LogP contribution in [-0.4, -0.2) is 45.1 Å². The lowest BCUT2D eigenvalue weighted by molar-refractivity contribution is 0.171. The minimum Gasteiger partial charge on any atom is -0.497 e. The average Bonchev–Trinajstić information content (AvgIpc) is 2.80. The summed E-state index contributed by atoms with van der Waals surface area (Å²) in [5.74, 6) is 1.61. The number of fused-ring (bicyclic) bond motifs is 1. The van der Waals surface area contributed by atoms with E-state index in [1.165, 1.54) is 22.9 Å². The monoisotopic (exact) mass is 443 g/mol. The van der Waals surface area contributed by atoms with Gasteiger partial charge in [0.15, 0.2) is 11.5 Å². The molecule has 2 aromatic carbocycles. The van der Waals surface area contributed by atoms with E-state index in [0.717, 1.165) is 5.56 Å². The van der Waals surface area contributed by atoms with Crippen LogP contribution >= 0.6 is 0 Å². The molecule has 1 aliphatic rings. The molecular formula is C21H21N3O6S. The molecule has 0 radical (unpaired) electrons. The normalized spacial score (nSPS) is 13.1. The van der Waals surface area contributed by atoms with Crippen LogP contribution in [0.15, 0.2) is 64.3 Å². The molecule has 2 heterocycles. The molecular weight excluding hydrogens is 422 g/mol. The third kappa shape index (κ3) is 4.70. The maximum absolute atomic E-state index is 12.6. The summed E-state index contributed by atoms with van der Waals surface area (Å²) in [7, 11) is -2.21. The van der Waals surface area contributed by atoms with Crippen molar-refractivity contribution in [2.24, 2.45) is 0 Å². The number of benzene rings is 2. The van der Waals surface area contributed by atoms with Crippen molar-refractivity contribution in [2.75, 3.05) is 26.9 Å². The van der Waals surface area contributed by atoms with Crippen molar-refractivity contribution >= 4 is 10.0 Å². The zero-order valence-electron chi connectivity index (χ0n) is 16.8. The highest BCUT2D eigenvalue weighted by atomic mass is 32.2. The van der Waals surface area contributed by atoms with Gasteiger partial charge in [0, 0.05) is 24.2 Å². The van der Waals surface area contributed by atoms with Crippen LogP contribution in [0.4, 0.5) is 0 Å². The van der Waals surface area contributed by atoms with Crippen molar-refractivity contribution in [3.63, 3.8) is 0 Å². The van der Waals surface area contributed by atoms with Crippen LogP contribution in [0.3, 0.4) is 0 Å². The van der Waals surface area contributed by atoms with E-state index in [2.05, 4.69) is 9.82 Å². The van der Waals surface area contributed by atoms with Crippen LogP contribution < -0.4 is 24.5 Å². The van der Waals surface area contributed by atoms with Crippen LogP contribution in [0.1, 0.15) is 0 Å². The summed E-state index contributed by atoms with van der Waals surface area (Å²) in [5.41, 5.74) is 1.08. The fraction of sp³-hybridized carbons (Fsp3) is 0.238. The van der Waals surface area contributed by atoms with Gasteiger partial charge in [0.1, 0.15) is 19.0 Å². The third-order valence-electron chi connectivity index (χ3n) is 4.69. The Balaban J connectivity index is 1.45. The van der Waals surface area contributed by atoms with Gasteiger partial charge in [-0.15, -0.1) is 0 Å². The molecule has 0 aliphatic carbocycles. The van der Waals surface area contributed by atoms with Gasteiger partial charge >= 0.3 is 0 Å². The number of sulfonamides is 1. The molecule has 4 rings (SSSR count). The maximum Gasteiger partial charge on any atom is 0.266 e. The summed E-state index contributed by atoms with van der Waals surface area (Å²) >= 11 is 0. The molecule has 0 fully saturated rings. The smallest absolute Gasteiger partial charge is 0.266 e. The van der Waals surface area contributed by atoms with Crippen molar-refractivity contribution < 1.29 is 22.6 Å². The van der Waals surface area contributed by atoms with Crippen LogP contribution in [-0.2, 0) is 16.6 Å². The average molecular weight is 443 g/mol. The van der Waals surface area contributed by atoms with E-state index in [4.69, 9.17) is 14.2 Å². The molecule has 162 valence electrons. The van der Waals surface area contributed by atoms with Crippen LogP contribution in [0.25, 0.3) is 11.3 Å². The molecule has 0 bridgehead atoms. The number of nitrogens with zero attached hydrogens (tertiary/aromatic N) is 2. The first-order valence-electron chi connectivity index (χ1n) is 9.58. The molecule has 0 spiro atoms. The highest BCUT2D eigenvalue weighted by Crippen LogP contribution is 2.32. The van der Waals surface area contributed by atoms with E-state index in [1.54, 1.807) is 31.4 Å². The van der Waals surface area contributed by atoms with Crippen molar-refractivity contribution in [2.45, 2.75) is 11.4 Å². The van der Waals surface area contributed by atoms with Crippen LogP contribution in [0.5, 0.6) is 17.2 Å². The first kappa shape index (κ1) is 20.9. The molecule has 0 saturated carbocycles. The summed E-state index contributed by atoms with van der Waals surface area (Å²) in [6, 6.07) is 14.7. The Kier molecular flexibility index (Phi) is 5.92. The molecule has 0 unspecified atom stereocenters. The first-order chi connectivity index (χ1) is 15.0. The maximum atomic E-state index is 12.6. The van der Waals surface area contributed by atoms with Gasteiger partial charge < -0.3 is 14.2 Å². The molecule has 1 aromatic heterocycles. The molecule has 0 atom stereocenters. The lowest BCUT2D eigenvalue weighted by Crippen LogP contribution is -2.32. The lowest BCUT2D eigenvalue weighted by Gasteiger charge is -2.19. The fourth-order valence-electron chi connectivity index (χ4n) is 3.08. The van der Waals surface area contributed by atoms with Crippen LogP contribution in [0, 0.1) is 0 Å². The van der Waals surface area contributed by atoms with Gasteiger partial charge in [0.2, 0.25) is 10.0 Å². The Morgan fingerprint density at radius 3 is 2.52 bits per heavy atom. The van der Waals surface area contributed by atoms with Crippen LogP contribution in [0.2, 0.25) is 0 Å². The highest BCUT2D eigenvalue weighted by molar-refractivity contribution is 7.89. The van der Waals surface area contributed by atoms with E-state index >= 15 is 0 Å². The summed E-state index contributed by atoms with van der Waals surface area (Å²) < 4.78 is 44.9. The third-order valence-corrected chi connectivity index (χ3v) is 6.15. The minimum atomic E-state index is -3.79. The Bertz CT molecular complexity index is 1240. The Labute approximate surface area is 179 Å². The Hall–Kier alpha value is -3.37. The number of hydrogen-bond acceptors (Lipinski definition) is 7. The zero-order valence-corrected chi connectivity index (χ0v) is 17.6. The lowest BCUT2D eigenvalue weighted by atomic mass is 10.1. The molecule has 1 aliphatic heterocycles. The van der Waals surface area contributed by atoms with Crippen molar-refractivity contribution in [1.29, 1.82) is 0 Å². The van der Waals surface area contributed by atoms with Crippen molar-refractivity contribution in [1.82, 2.24) is 14.5 Å². The predicted molar refractivity (Wildman–Crippen MR) is 113 cm³/mol. The van der Waals surface area contributed by atoms with Gasteiger partial charge in [0.05, 0.1) is 24.2 Å². The van der Waals surface area contributed by atoms with Crippen molar-refractivity contribution in [3.05, 3.63) is 65.0 Å². The van der Waals surface area contributed by atoms with Crippen molar-refractivity contribution in [3.8, 4) is 28.5 Å². The summed E-state index contributed by atoms with van der Waals surface area (Å²) in [4.78, 5) is 12.2. The topological polar surface area (TPSA) is 109 Å². The second-order valence-corrected chi connectivity index (χ2v) is 8.48. The van der Waals surface area contributed by atoms with E-state index in [1.807, 2.05) is 12.1 Å². The first-order valence-corrected chi connectivity index (χ1v) is 11.1. The highest BCUT2D eigenvalue weighted by Gasteiger charge is 2.19. The van der Waals surface area contributed by atoms with Gasteiger partial charge in [-0.2, -0.15) is 5.10 Å². The SMILES string of the molecule is COc1ccc(-c2ccc(=O)n(CCNS(=O)(=O)c3ccc4c(c3)OCCO4)n2)cc1. The molecule has 0 amide bonds. The largest absolute Gasteiger partial charge is 0.497 e. The number of hydrogen-bond donors (Lipinski definition) is 1. The van der Waals surface area contributed by atoms with E-state index < -0.39 is 10.0 Å². The number of rotatable bonds is 7. The zero-order chi connectivity index (χ0) is 21.8. The Morgan fingerprint density at radius 1 is 1.03 bits per heavy atom. The predicted octanol–water partition coefficient (Wildman–Crippen LogP) is 1.67. The second-order valence-electron chi connectivity index (χ2n) is 6.71. The van der Waals surface area contributed by atoms with E-state index in [-0.39, 0.29) is 23.5 Å². The standard InChI is InChI=1S/C21H21N3O6S/c1-28-16-4-2-15(3-5-16)18-7-9-21(25)24(23-18)11-10-22-31(26,27)17-6-8-19-20(14-17)30-13-12-29-19/h2-9,14,22H,10-13H2,1H3. The van der Waals surface area contributed by atoms with E-state index in [0.29, 0.717) is 36.2 Å². The molecule has 0 saturated heterocycles. The van der Waals surface area contributed by atoms with Gasteiger partial charge in [0.25, 0.3) is 5.56 Å². The quantitative estimate of drug-likeness (QED) is 0.592. The van der Waals surface area contributed by atoms with Gasteiger partial charge in [-0.25, -0.2) is 17.8 Å².